The lowest BCUT2D eigenvalue weighted by molar-refractivity contribution is -0.131. The highest BCUT2D eigenvalue weighted by Gasteiger charge is 2.24. The molecule has 2 amide bonds. The molecule has 0 aliphatic carbocycles. The summed E-state index contributed by atoms with van der Waals surface area (Å²) in [5, 5.41) is 3.48. The zero-order valence-corrected chi connectivity index (χ0v) is 18.4. The molecule has 0 spiro atoms. The minimum absolute atomic E-state index is 0.0498. The second-order valence-corrected chi connectivity index (χ2v) is 8.42. The van der Waals surface area contributed by atoms with Gasteiger partial charge in [-0.3, -0.25) is 14.4 Å². The molecule has 1 unspecified atom stereocenters. The Balaban J connectivity index is 1.54. The number of carbonyl (C=O) groups excluding carboxylic acids is 3. The normalized spacial score (nSPS) is 15.2. The number of amides is 2. The van der Waals surface area contributed by atoms with Gasteiger partial charge in [-0.25, -0.2) is 0 Å². The monoisotopic (exact) mass is 431 g/mol. The fourth-order valence-corrected chi connectivity index (χ4v) is 4.33. The number of hydrogen-bond donors (Lipinski definition) is 1. The molecule has 1 atom stereocenters. The van der Waals surface area contributed by atoms with Crippen molar-refractivity contribution in [2.45, 2.75) is 45.2 Å². The van der Waals surface area contributed by atoms with Gasteiger partial charge in [0, 0.05) is 30.2 Å². The number of ketones is 1. The molecule has 1 fully saturated rings. The van der Waals surface area contributed by atoms with Gasteiger partial charge in [0.25, 0.3) is 11.7 Å². The number of aromatic nitrogens is 1. The van der Waals surface area contributed by atoms with Gasteiger partial charge >= 0.3 is 0 Å². The molecule has 166 valence electrons. The first kappa shape index (κ1) is 21.8. The molecular weight excluding hydrogens is 402 g/mol. The standard InChI is InChI=1S/C26H29N3O3/c1-19(20-11-5-4-6-12-20)27-26(32)25(31)22-17-29(23-14-8-7-13-21(22)23)18-24(30)28-15-9-2-3-10-16-28/h4-8,11-14,17,19H,2-3,9-10,15-16,18H2,1H3,(H,27,32). The van der Waals surface area contributed by atoms with E-state index in [1.807, 2.05) is 66.4 Å². The highest BCUT2D eigenvalue weighted by Crippen LogP contribution is 2.23. The first-order chi connectivity index (χ1) is 15.5. The zero-order valence-electron chi connectivity index (χ0n) is 18.4. The van der Waals surface area contributed by atoms with Gasteiger partial charge in [0.2, 0.25) is 5.91 Å². The molecule has 0 radical (unpaired) electrons. The van der Waals surface area contributed by atoms with Crippen molar-refractivity contribution < 1.29 is 14.4 Å². The summed E-state index contributed by atoms with van der Waals surface area (Å²) in [6.45, 7) is 3.58. The third-order valence-corrected chi connectivity index (χ3v) is 6.15. The molecule has 1 aromatic heterocycles. The molecule has 1 aliphatic rings. The Morgan fingerprint density at radius 3 is 2.28 bits per heavy atom. The summed E-state index contributed by atoms with van der Waals surface area (Å²) in [7, 11) is 0. The van der Waals surface area contributed by atoms with Gasteiger partial charge in [-0.1, -0.05) is 61.4 Å². The SMILES string of the molecule is CC(NC(=O)C(=O)c1cn(CC(=O)N2CCCCCC2)c2ccccc12)c1ccccc1. The molecule has 2 aromatic carbocycles. The molecule has 32 heavy (non-hydrogen) atoms. The molecular formula is C26H29N3O3. The lowest BCUT2D eigenvalue weighted by atomic mass is 10.1. The van der Waals surface area contributed by atoms with Gasteiger partial charge in [-0.05, 0) is 31.4 Å². The summed E-state index contributed by atoms with van der Waals surface area (Å²) in [6.07, 6.45) is 6.02. The number of rotatable bonds is 6. The molecule has 1 aliphatic heterocycles. The van der Waals surface area contributed by atoms with Crippen LogP contribution in [0.1, 0.15) is 54.6 Å². The van der Waals surface area contributed by atoms with Crippen LogP contribution in [-0.2, 0) is 16.1 Å². The van der Waals surface area contributed by atoms with Gasteiger partial charge in [0.1, 0.15) is 6.54 Å². The highest BCUT2D eigenvalue weighted by atomic mass is 16.2. The quantitative estimate of drug-likeness (QED) is 0.472. The Morgan fingerprint density at radius 1 is 0.906 bits per heavy atom. The first-order valence-corrected chi connectivity index (χ1v) is 11.3. The van der Waals surface area contributed by atoms with Crippen LogP contribution >= 0.6 is 0 Å². The second-order valence-electron chi connectivity index (χ2n) is 8.42. The Morgan fingerprint density at radius 2 is 1.56 bits per heavy atom. The third kappa shape index (κ3) is 4.74. The van der Waals surface area contributed by atoms with E-state index in [1.54, 1.807) is 10.8 Å². The van der Waals surface area contributed by atoms with E-state index < -0.39 is 11.7 Å². The fraction of sp³-hybridized carbons (Fsp3) is 0.346. The van der Waals surface area contributed by atoms with Crippen molar-refractivity contribution in [3.05, 3.63) is 71.9 Å². The van der Waals surface area contributed by atoms with Crippen LogP contribution in [0.2, 0.25) is 0 Å². The van der Waals surface area contributed by atoms with Crippen LogP contribution in [0.25, 0.3) is 10.9 Å². The van der Waals surface area contributed by atoms with Crippen LogP contribution in [0.4, 0.5) is 0 Å². The minimum atomic E-state index is -0.650. The Kier molecular flexibility index (Phi) is 6.69. The van der Waals surface area contributed by atoms with E-state index in [2.05, 4.69) is 5.32 Å². The van der Waals surface area contributed by atoms with E-state index >= 15 is 0 Å². The number of nitrogens with zero attached hydrogens (tertiary/aromatic N) is 2. The smallest absolute Gasteiger partial charge is 0.292 e. The van der Waals surface area contributed by atoms with Crippen molar-refractivity contribution in [3.8, 4) is 0 Å². The van der Waals surface area contributed by atoms with Crippen LogP contribution in [0, 0.1) is 0 Å². The maximum Gasteiger partial charge on any atom is 0.292 e. The van der Waals surface area contributed by atoms with Crippen molar-refractivity contribution in [1.29, 1.82) is 0 Å². The molecule has 2 heterocycles. The average Bonchev–Trinajstić information content (AvgIpc) is 2.98. The molecule has 0 bridgehead atoms. The summed E-state index contributed by atoms with van der Waals surface area (Å²) >= 11 is 0. The number of para-hydroxylation sites is 1. The second kappa shape index (κ2) is 9.81. The summed E-state index contributed by atoms with van der Waals surface area (Å²) in [6, 6.07) is 16.7. The number of benzene rings is 2. The molecule has 6 heteroatoms. The minimum Gasteiger partial charge on any atom is -0.343 e. The number of carbonyl (C=O) groups is 3. The zero-order chi connectivity index (χ0) is 22.5. The third-order valence-electron chi connectivity index (χ3n) is 6.15. The Bertz CT molecular complexity index is 1110. The van der Waals surface area contributed by atoms with Crippen molar-refractivity contribution in [2.75, 3.05) is 13.1 Å². The number of hydrogen-bond acceptors (Lipinski definition) is 3. The van der Waals surface area contributed by atoms with Crippen molar-refractivity contribution in [2.24, 2.45) is 0 Å². The largest absolute Gasteiger partial charge is 0.343 e. The predicted octanol–water partition coefficient (Wildman–Crippen LogP) is 4.10. The van der Waals surface area contributed by atoms with E-state index in [0.29, 0.717) is 10.9 Å². The summed E-state index contributed by atoms with van der Waals surface area (Å²) < 4.78 is 1.80. The molecule has 1 saturated heterocycles. The number of nitrogens with one attached hydrogen (secondary N) is 1. The van der Waals surface area contributed by atoms with Crippen LogP contribution in [0.15, 0.2) is 60.8 Å². The van der Waals surface area contributed by atoms with Crippen LogP contribution < -0.4 is 5.32 Å². The van der Waals surface area contributed by atoms with Crippen LogP contribution in [0.5, 0.6) is 0 Å². The summed E-state index contributed by atoms with van der Waals surface area (Å²) in [4.78, 5) is 40.6. The molecule has 6 nitrogen and oxygen atoms in total. The molecule has 1 N–H and O–H groups in total. The van der Waals surface area contributed by atoms with Crippen molar-refractivity contribution >= 4 is 28.5 Å². The molecule has 3 aromatic rings. The lowest BCUT2D eigenvalue weighted by Gasteiger charge is -2.20. The maximum absolute atomic E-state index is 13.1. The van der Waals surface area contributed by atoms with Gasteiger partial charge in [-0.2, -0.15) is 0 Å². The van der Waals surface area contributed by atoms with Crippen molar-refractivity contribution in [1.82, 2.24) is 14.8 Å². The van der Waals surface area contributed by atoms with Gasteiger partial charge < -0.3 is 14.8 Å². The Labute approximate surface area is 188 Å². The van der Waals surface area contributed by atoms with Crippen LogP contribution in [-0.4, -0.2) is 40.2 Å². The van der Waals surface area contributed by atoms with Crippen molar-refractivity contribution in [3.63, 3.8) is 0 Å². The highest BCUT2D eigenvalue weighted by molar-refractivity contribution is 6.45. The average molecular weight is 432 g/mol. The number of Topliss-reactive ketones (excluding diaryl/α,β-unsaturated/α-hetero) is 1. The maximum atomic E-state index is 13.1. The summed E-state index contributed by atoms with van der Waals surface area (Å²) in [5.41, 5.74) is 2.03. The Hall–Kier alpha value is -3.41. The van der Waals surface area contributed by atoms with E-state index in [4.69, 9.17) is 0 Å². The van der Waals surface area contributed by atoms with E-state index in [-0.39, 0.29) is 18.5 Å². The van der Waals surface area contributed by atoms with Gasteiger partial charge in [0.05, 0.1) is 11.6 Å². The van der Waals surface area contributed by atoms with Crippen LogP contribution in [0.3, 0.4) is 0 Å². The van der Waals surface area contributed by atoms with E-state index in [9.17, 15) is 14.4 Å². The topological polar surface area (TPSA) is 71.4 Å². The molecule has 0 saturated carbocycles. The van der Waals surface area contributed by atoms with Gasteiger partial charge in [0.15, 0.2) is 0 Å². The first-order valence-electron chi connectivity index (χ1n) is 11.3. The van der Waals surface area contributed by atoms with Gasteiger partial charge in [-0.15, -0.1) is 0 Å². The number of likely N-dealkylation sites (tertiary alicyclic amines) is 1. The fourth-order valence-electron chi connectivity index (χ4n) is 4.33. The lowest BCUT2D eigenvalue weighted by Crippen LogP contribution is -2.34. The summed E-state index contributed by atoms with van der Waals surface area (Å²) in [5.74, 6) is -1.19. The van der Waals surface area contributed by atoms with E-state index in [1.165, 1.54) is 0 Å². The van der Waals surface area contributed by atoms with E-state index in [0.717, 1.165) is 49.9 Å². The molecule has 4 rings (SSSR count). The number of fused-ring (bicyclic) bond motifs is 1. The predicted molar refractivity (Wildman–Crippen MR) is 124 cm³/mol.